The monoisotopic (exact) mass is 266 g/mol. The standard InChI is InChI=1S/C13H18N2O4/c1-4-9(6-10(16)17)15-13(19)11-7(2)5-8(3)14-12(11)18/h5,9H,4,6H2,1-3H3,(H,14,18)(H,15,19)(H,16,17). The molecule has 104 valence electrons. The average molecular weight is 266 g/mol. The lowest BCUT2D eigenvalue weighted by Crippen LogP contribution is -2.39. The highest BCUT2D eigenvalue weighted by Gasteiger charge is 2.19. The first-order valence-corrected chi connectivity index (χ1v) is 6.08. The molecule has 19 heavy (non-hydrogen) atoms. The number of carbonyl (C=O) groups excluding carboxylic acids is 1. The second-order valence-electron chi connectivity index (χ2n) is 4.52. The third-order valence-corrected chi connectivity index (χ3v) is 2.84. The van der Waals surface area contributed by atoms with E-state index in [0.29, 0.717) is 17.7 Å². The van der Waals surface area contributed by atoms with Crippen LogP contribution in [0.3, 0.4) is 0 Å². The Morgan fingerprint density at radius 2 is 2.05 bits per heavy atom. The number of carboxylic acid groups (broad SMARTS) is 1. The zero-order valence-electron chi connectivity index (χ0n) is 11.2. The van der Waals surface area contributed by atoms with Crippen molar-refractivity contribution in [3.05, 3.63) is 33.2 Å². The van der Waals surface area contributed by atoms with Crippen molar-refractivity contribution < 1.29 is 14.7 Å². The van der Waals surface area contributed by atoms with Crippen LogP contribution in [0.5, 0.6) is 0 Å². The van der Waals surface area contributed by atoms with Crippen LogP contribution in [-0.4, -0.2) is 28.0 Å². The maximum atomic E-state index is 12.0. The Kier molecular flexibility index (Phi) is 4.86. The summed E-state index contributed by atoms with van der Waals surface area (Å²) < 4.78 is 0. The predicted octanol–water partition coefficient (Wildman–Crippen LogP) is 0.975. The van der Waals surface area contributed by atoms with Crippen molar-refractivity contribution in [2.24, 2.45) is 0 Å². The number of amides is 1. The zero-order chi connectivity index (χ0) is 14.6. The fourth-order valence-corrected chi connectivity index (χ4v) is 1.90. The molecule has 1 rings (SSSR count). The van der Waals surface area contributed by atoms with Crippen molar-refractivity contribution in [3.63, 3.8) is 0 Å². The lowest BCUT2D eigenvalue weighted by molar-refractivity contribution is -0.137. The molecule has 0 fully saturated rings. The van der Waals surface area contributed by atoms with E-state index in [2.05, 4.69) is 10.3 Å². The Hall–Kier alpha value is -2.11. The van der Waals surface area contributed by atoms with Gasteiger partial charge in [-0.15, -0.1) is 0 Å². The summed E-state index contributed by atoms with van der Waals surface area (Å²) in [5.41, 5.74) is 0.829. The van der Waals surface area contributed by atoms with Gasteiger partial charge in [0.25, 0.3) is 11.5 Å². The molecule has 6 heteroatoms. The fraction of sp³-hybridized carbons (Fsp3) is 0.462. The molecule has 0 aliphatic carbocycles. The van der Waals surface area contributed by atoms with Gasteiger partial charge in [-0.05, 0) is 31.9 Å². The molecule has 1 aromatic rings. The van der Waals surface area contributed by atoms with Gasteiger partial charge in [-0.1, -0.05) is 6.92 Å². The lowest BCUT2D eigenvalue weighted by atomic mass is 10.1. The number of aromatic nitrogens is 1. The molecule has 0 bridgehead atoms. The van der Waals surface area contributed by atoms with E-state index in [1.54, 1.807) is 26.8 Å². The van der Waals surface area contributed by atoms with Crippen LogP contribution in [0.2, 0.25) is 0 Å². The van der Waals surface area contributed by atoms with Crippen LogP contribution in [-0.2, 0) is 4.79 Å². The number of hydrogen-bond donors (Lipinski definition) is 3. The Bertz CT molecular complexity index is 548. The average Bonchev–Trinajstić information content (AvgIpc) is 2.25. The van der Waals surface area contributed by atoms with Gasteiger partial charge in [0.2, 0.25) is 0 Å². The van der Waals surface area contributed by atoms with E-state index in [1.165, 1.54) is 0 Å². The Morgan fingerprint density at radius 3 is 2.53 bits per heavy atom. The van der Waals surface area contributed by atoms with E-state index in [9.17, 15) is 14.4 Å². The number of H-pyrrole nitrogens is 1. The number of aliphatic carboxylic acids is 1. The molecule has 0 saturated carbocycles. The number of pyridine rings is 1. The van der Waals surface area contributed by atoms with Crippen LogP contribution in [0.25, 0.3) is 0 Å². The van der Waals surface area contributed by atoms with Gasteiger partial charge in [0, 0.05) is 11.7 Å². The lowest BCUT2D eigenvalue weighted by Gasteiger charge is -2.15. The van der Waals surface area contributed by atoms with Gasteiger partial charge in [-0.25, -0.2) is 0 Å². The molecule has 1 aromatic heterocycles. The van der Waals surface area contributed by atoms with Crippen molar-refractivity contribution in [3.8, 4) is 0 Å². The highest BCUT2D eigenvalue weighted by Crippen LogP contribution is 2.05. The quantitative estimate of drug-likeness (QED) is 0.739. The molecule has 6 nitrogen and oxygen atoms in total. The summed E-state index contributed by atoms with van der Waals surface area (Å²) >= 11 is 0. The maximum Gasteiger partial charge on any atom is 0.305 e. The van der Waals surface area contributed by atoms with Crippen molar-refractivity contribution in [2.75, 3.05) is 0 Å². The SMILES string of the molecule is CCC(CC(=O)O)NC(=O)c1c(C)cc(C)[nH]c1=O. The normalized spacial score (nSPS) is 11.9. The summed E-state index contributed by atoms with van der Waals surface area (Å²) in [6, 6.07) is 1.22. The largest absolute Gasteiger partial charge is 0.481 e. The second-order valence-corrected chi connectivity index (χ2v) is 4.52. The summed E-state index contributed by atoms with van der Waals surface area (Å²) in [6.07, 6.45) is 0.325. The molecule has 1 unspecified atom stereocenters. The maximum absolute atomic E-state index is 12.0. The molecule has 1 amide bonds. The van der Waals surface area contributed by atoms with E-state index < -0.39 is 23.5 Å². The summed E-state index contributed by atoms with van der Waals surface area (Å²) in [5, 5.41) is 11.3. The molecule has 0 spiro atoms. The first kappa shape index (κ1) is 14.9. The molecule has 1 atom stereocenters. The minimum absolute atomic E-state index is 0.0365. The predicted molar refractivity (Wildman–Crippen MR) is 70.3 cm³/mol. The Labute approximate surface area is 110 Å². The summed E-state index contributed by atoms with van der Waals surface area (Å²) in [4.78, 5) is 37.0. The van der Waals surface area contributed by atoms with E-state index >= 15 is 0 Å². The number of carboxylic acids is 1. The molecule has 0 radical (unpaired) electrons. The zero-order valence-corrected chi connectivity index (χ0v) is 11.2. The highest BCUT2D eigenvalue weighted by atomic mass is 16.4. The molecular weight excluding hydrogens is 248 g/mol. The minimum atomic E-state index is -0.985. The molecule has 0 aliphatic heterocycles. The summed E-state index contributed by atoms with van der Waals surface area (Å²) in [6.45, 7) is 5.19. The van der Waals surface area contributed by atoms with Crippen LogP contribution in [0, 0.1) is 13.8 Å². The van der Waals surface area contributed by atoms with Gasteiger partial charge in [0.1, 0.15) is 5.56 Å². The first-order valence-electron chi connectivity index (χ1n) is 6.08. The topological polar surface area (TPSA) is 99.3 Å². The molecule has 0 aliphatic rings. The van der Waals surface area contributed by atoms with E-state index in [0.717, 1.165) is 0 Å². The van der Waals surface area contributed by atoms with Gasteiger partial charge in [-0.3, -0.25) is 14.4 Å². The van der Waals surface area contributed by atoms with Crippen molar-refractivity contribution >= 4 is 11.9 Å². The smallest absolute Gasteiger partial charge is 0.305 e. The molecule has 3 N–H and O–H groups in total. The van der Waals surface area contributed by atoms with Crippen LogP contribution >= 0.6 is 0 Å². The van der Waals surface area contributed by atoms with E-state index in [1.807, 2.05) is 0 Å². The van der Waals surface area contributed by atoms with Gasteiger partial charge < -0.3 is 15.4 Å². The van der Waals surface area contributed by atoms with Gasteiger partial charge in [0.15, 0.2) is 0 Å². The summed E-state index contributed by atoms with van der Waals surface area (Å²) in [7, 11) is 0. The number of nitrogens with one attached hydrogen (secondary N) is 2. The van der Waals surface area contributed by atoms with Gasteiger partial charge in [0.05, 0.1) is 6.42 Å². The van der Waals surface area contributed by atoms with Crippen LogP contribution in [0.4, 0.5) is 0 Å². The number of carbonyl (C=O) groups is 2. The second kappa shape index (κ2) is 6.17. The van der Waals surface area contributed by atoms with Crippen LogP contribution < -0.4 is 10.9 Å². The highest BCUT2D eigenvalue weighted by molar-refractivity contribution is 5.95. The van der Waals surface area contributed by atoms with Crippen molar-refractivity contribution in [2.45, 2.75) is 39.7 Å². The van der Waals surface area contributed by atoms with E-state index in [-0.39, 0.29) is 12.0 Å². The fourth-order valence-electron chi connectivity index (χ4n) is 1.90. The van der Waals surface area contributed by atoms with Crippen LogP contribution in [0.1, 0.15) is 41.4 Å². The third-order valence-electron chi connectivity index (χ3n) is 2.84. The molecular formula is C13H18N2O4. The van der Waals surface area contributed by atoms with Gasteiger partial charge in [-0.2, -0.15) is 0 Å². The van der Waals surface area contributed by atoms with Gasteiger partial charge >= 0.3 is 5.97 Å². The Balaban J connectivity index is 2.95. The minimum Gasteiger partial charge on any atom is -0.481 e. The Morgan fingerprint density at radius 1 is 1.42 bits per heavy atom. The number of aryl methyl sites for hydroxylation is 2. The van der Waals surface area contributed by atoms with Crippen LogP contribution in [0.15, 0.2) is 10.9 Å². The number of hydrogen-bond acceptors (Lipinski definition) is 3. The molecule has 0 saturated heterocycles. The molecule has 0 aromatic carbocycles. The van der Waals surface area contributed by atoms with E-state index in [4.69, 9.17) is 5.11 Å². The molecule has 1 heterocycles. The third kappa shape index (κ3) is 3.94. The van der Waals surface area contributed by atoms with Crippen molar-refractivity contribution in [1.82, 2.24) is 10.3 Å². The van der Waals surface area contributed by atoms with Crippen molar-refractivity contribution in [1.29, 1.82) is 0 Å². The number of aromatic amines is 1. The summed E-state index contributed by atoms with van der Waals surface area (Å²) in [5.74, 6) is -1.52. The number of rotatable bonds is 5. The first-order chi connectivity index (χ1) is 8.85.